The summed E-state index contributed by atoms with van der Waals surface area (Å²) in [5.41, 5.74) is 6.44. The molecule has 1 atom stereocenters. The fourth-order valence-electron chi connectivity index (χ4n) is 3.48. The number of aryl methyl sites for hydroxylation is 4. The summed E-state index contributed by atoms with van der Waals surface area (Å²) in [7, 11) is 1.90. The van der Waals surface area contributed by atoms with Gasteiger partial charge in [0.15, 0.2) is 5.65 Å². The van der Waals surface area contributed by atoms with Crippen LogP contribution < -0.4 is 5.32 Å². The van der Waals surface area contributed by atoms with Crippen LogP contribution in [-0.2, 0) is 7.05 Å². The Hall–Kier alpha value is -3.28. The Labute approximate surface area is 158 Å². The molecule has 0 radical (unpaired) electrons. The van der Waals surface area contributed by atoms with Gasteiger partial charge in [-0.15, -0.1) is 0 Å². The molecule has 1 N–H and O–H groups in total. The molecular weight excluding hydrogens is 336 g/mol. The molecule has 0 unspecified atom stereocenters. The summed E-state index contributed by atoms with van der Waals surface area (Å²) in [6.45, 7) is 6.22. The van der Waals surface area contributed by atoms with Crippen molar-refractivity contribution >= 4 is 16.9 Å². The highest BCUT2D eigenvalue weighted by Crippen LogP contribution is 2.31. The summed E-state index contributed by atoms with van der Waals surface area (Å²) >= 11 is 0. The van der Waals surface area contributed by atoms with Crippen molar-refractivity contribution in [1.29, 1.82) is 0 Å². The van der Waals surface area contributed by atoms with Gasteiger partial charge in [-0.2, -0.15) is 5.10 Å². The number of rotatable bonds is 4. The number of hydrogen-bond donors (Lipinski definition) is 1. The summed E-state index contributed by atoms with van der Waals surface area (Å²) in [5.74, 6) is 0.778. The number of hydrogen-bond acceptors (Lipinski definition) is 5. The second kappa shape index (κ2) is 6.79. The van der Waals surface area contributed by atoms with Crippen molar-refractivity contribution in [2.45, 2.75) is 26.8 Å². The lowest BCUT2D eigenvalue weighted by atomic mass is 9.94. The minimum atomic E-state index is -0.0729. The monoisotopic (exact) mass is 358 g/mol. The van der Waals surface area contributed by atoms with Crippen LogP contribution in [-0.4, -0.2) is 24.7 Å². The largest absolute Gasteiger partial charge is 0.358 e. The second-order valence-corrected chi connectivity index (χ2v) is 6.85. The van der Waals surface area contributed by atoms with Crippen molar-refractivity contribution < 1.29 is 0 Å². The summed E-state index contributed by atoms with van der Waals surface area (Å²) in [4.78, 5) is 13.2. The maximum atomic E-state index is 4.53. The first-order valence-corrected chi connectivity index (χ1v) is 8.92. The van der Waals surface area contributed by atoms with Gasteiger partial charge in [0, 0.05) is 19.4 Å². The fraction of sp³-hybridized carbons (Fsp3) is 0.238. The lowest BCUT2D eigenvalue weighted by Crippen LogP contribution is -2.15. The molecule has 6 heteroatoms. The van der Waals surface area contributed by atoms with Gasteiger partial charge in [0.05, 0.1) is 17.1 Å². The van der Waals surface area contributed by atoms with Crippen molar-refractivity contribution in [1.82, 2.24) is 24.7 Å². The molecule has 0 aliphatic rings. The Morgan fingerprint density at radius 3 is 2.70 bits per heavy atom. The molecule has 3 aromatic heterocycles. The third-order valence-electron chi connectivity index (χ3n) is 4.84. The van der Waals surface area contributed by atoms with Crippen LogP contribution >= 0.6 is 0 Å². The molecule has 0 saturated carbocycles. The van der Waals surface area contributed by atoms with Crippen LogP contribution in [0.5, 0.6) is 0 Å². The average molecular weight is 358 g/mol. The van der Waals surface area contributed by atoms with E-state index in [0.717, 1.165) is 28.1 Å². The summed E-state index contributed by atoms with van der Waals surface area (Å²) in [5, 5.41) is 9.07. The Bertz CT molecular complexity index is 1100. The number of nitrogens with one attached hydrogen (secondary N) is 1. The Balaban J connectivity index is 1.87. The number of anilines is 1. The molecule has 6 nitrogen and oxygen atoms in total. The standard InChI is InChI=1S/C21H22N6/c1-13-7-8-14(2)17(10-13)19(16-6-5-9-22-11-16)25-20-18-15(3)26-27(4)21(18)24-12-23-20/h5-12,19H,1-4H3,(H,23,24,25)/t19-/m1/s1. The third-order valence-corrected chi connectivity index (χ3v) is 4.84. The van der Waals surface area contributed by atoms with Gasteiger partial charge in [-0.1, -0.05) is 29.8 Å². The number of fused-ring (bicyclic) bond motifs is 1. The number of pyridine rings is 1. The summed E-state index contributed by atoms with van der Waals surface area (Å²) < 4.78 is 1.79. The molecule has 3 heterocycles. The van der Waals surface area contributed by atoms with E-state index >= 15 is 0 Å². The molecule has 0 bridgehead atoms. The lowest BCUT2D eigenvalue weighted by molar-refractivity contribution is 0.773. The summed E-state index contributed by atoms with van der Waals surface area (Å²) in [6.07, 6.45) is 5.26. The van der Waals surface area contributed by atoms with Crippen molar-refractivity contribution in [2.75, 3.05) is 5.32 Å². The second-order valence-electron chi connectivity index (χ2n) is 6.85. The van der Waals surface area contributed by atoms with E-state index in [1.165, 1.54) is 16.7 Å². The molecule has 27 heavy (non-hydrogen) atoms. The molecule has 136 valence electrons. The first-order valence-electron chi connectivity index (χ1n) is 8.92. The van der Waals surface area contributed by atoms with Crippen LogP contribution in [0.2, 0.25) is 0 Å². The predicted octanol–water partition coefficient (Wildman–Crippen LogP) is 3.89. The molecule has 0 spiro atoms. The lowest BCUT2D eigenvalue weighted by Gasteiger charge is -2.22. The SMILES string of the molecule is Cc1ccc(C)c([C@H](Nc2ncnc3c2c(C)nn3C)c2cccnc2)c1. The van der Waals surface area contributed by atoms with Gasteiger partial charge in [0.1, 0.15) is 12.1 Å². The van der Waals surface area contributed by atoms with E-state index in [-0.39, 0.29) is 6.04 Å². The highest BCUT2D eigenvalue weighted by molar-refractivity contribution is 5.89. The summed E-state index contributed by atoms with van der Waals surface area (Å²) in [6, 6.07) is 10.5. The zero-order valence-electron chi connectivity index (χ0n) is 15.9. The minimum absolute atomic E-state index is 0.0729. The molecule has 0 fully saturated rings. The van der Waals surface area contributed by atoms with Gasteiger partial charge in [-0.3, -0.25) is 9.67 Å². The van der Waals surface area contributed by atoms with Crippen LogP contribution in [0.4, 0.5) is 5.82 Å². The van der Waals surface area contributed by atoms with Crippen LogP contribution in [0.1, 0.15) is 34.0 Å². The molecule has 4 aromatic rings. The molecule has 4 rings (SSSR count). The van der Waals surface area contributed by atoms with Gasteiger partial charge in [0.25, 0.3) is 0 Å². The molecule has 0 saturated heterocycles. The smallest absolute Gasteiger partial charge is 0.163 e. The van der Waals surface area contributed by atoms with Gasteiger partial charge >= 0.3 is 0 Å². The molecular formula is C21H22N6. The number of nitrogens with zero attached hydrogens (tertiary/aromatic N) is 5. The van der Waals surface area contributed by atoms with E-state index in [2.05, 4.69) is 63.5 Å². The highest BCUT2D eigenvalue weighted by Gasteiger charge is 2.20. The van der Waals surface area contributed by atoms with Crippen molar-refractivity contribution in [3.05, 3.63) is 77.0 Å². The molecule has 0 amide bonds. The Kier molecular flexibility index (Phi) is 4.32. The van der Waals surface area contributed by atoms with E-state index in [1.807, 2.05) is 26.2 Å². The maximum absolute atomic E-state index is 4.53. The maximum Gasteiger partial charge on any atom is 0.163 e. The predicted molar refractivity (Wildman–Crippen MR) is 107 cm³/mol. The van der Waals surface area contributed by atoms with Gasteiger partial charge in [-0.05, 0) is 43.5 Å². The van der Waals surface area contributed by atoms with E-state index in [9.17, 15) is 0 Å². The van der Waals surface area contributed by atoms with Gasteiger partial charge < -0.3 is 5.32 Å². The van der Waals surface area contributed by atoms with E-state index in [1.54, 1.807) is 17.2 Å². The first-order chi connectivity index (χ1) is 13.0. The van der Waals surface area contributed by atoms with E-state index in [0.29, 0.717) is 0 Å². The van der Waals surface area contributed by atoms with Crippen LogP contribution in [0, 0.1) is 20.8 Å². The average Bonchev–Trinajstić information content (AvgIpc) is 2.97. The fourth-order valence-corrected chi connectivity index (χ4v) is 3.48. The van der Waals surface area contributed by atoms with Crippen molar-refractivity contribution in [2.24, 2.45) is 7.05 Å². The Morgan fingerprint density at radius 1 is 1.07 bits per heavy atom. The van der Waals surface area contributed by atoms with Crippen LogP contribution in [0.25, 0.3) is 11.0 Å². The molecule has 1 aromatic carbocycles. The van der Waals surface area contributed by atoms with Gasteiger partial charge in [-0.25, -0.2) is 9.97 Å². The molecule has 0 aliphatic heterocycles. The van der Waals surface area contributed by atoms with E-state index < -0.39 is 0 Å². The first kappa shape index (κ1) is 17.1. The Morgan fingerprint density at radius 2 is 1.93 bits per heavy atom. The third kappa shape index (κ3) is 3.14. The topological polar surface area (TPSA) is 68.5 Å². The van der Waals surface area contributed by atoms with Gasteiger partial charge in [0.2, 0.25) is 0 Å². The minimum Gasteiger partial charge on any atom is -0.358 e. The van der Waals surface area contributed by atoms with Crippen molar-refractivity contribution in [3.63, 3.8) is 0 Å². The quantitative estimate of drug-likeness (QED) is 0.599. The van der Waals surface area contributed by atoms with Crippen LogP contribution in [0.15, 0.2) is 49.1 Å². The zero-order valence-corrected chi connectivity index (χ0v) is 15.9. The zero-order chi connectivity index (χ0) is 19.0. The highest BCUT2D eigenvalue weighted by atomic mass is 15.3. The normalized spacial score (nSPS) is 12.3. The molecule has 0 aliphatic carbocycles. The van der Waals surface area contributed by atoms with E-state index in [4.69, 9.17) is 0 Å². The number of aromatic nitrogens is 5. The van der Waals surface area contributed by atoms with Crippen LogP contribution in [0.3, 0.4) is 0 Å². The number of benzene rings is 1. The van der Waals surface area contributed by atoms with Crippen molar-refractivity contribution in [3.8, 4) is 0 Å².